The van der Waals surface area contributed by atoms with Gasteiger partial charge in [0, 0.05) is 24.4 Å². The van der Waals surface area contributed by atoms with Crippen LogP contribution in [0.25, 0.3) is 0 Å². The summed E-state index contributed by atoms with van der Waals surface area (Å²) in [6.45, 7) is 3.09. The lowest BCUT2D eigenvalue weighted by Gasteiger charge is -2.19. The second kappa shape index (κ2) is 8.25. The third-order valence-corrected chi connectivity index (χ3v) is 4.25. The summed E-state index contributed by atoms with van der Waals surface area (Å²) in [7, 11) is 0. The van der Waals surface area contributed by atoms with E-state index in [1.807, 2.05) is 30.5 Å². The molecule has 2 aromatic rings. The Morgan fingerprint density at radius 3 is 2.76 bits per heavy atom. The maximum atomic E-state index is 13.6. The van der Waals surface area contributed by atoms with Crippen LogP contribution in [0.1, 0.15) is 24.6 Å². The molecule has 1 unspecified atom stereocenters. The van der Waals surface area contributed by atoms with Gasteiger partial charge in [0.2, 0.25) is 0 Å². The van der Waals surface area contributed by atoms with Crippen molar-refractivity contribution >= 4 is 15.9 Å². The molecule has 21 heavy (non-hydrogen) atoms. The maximum Gasteiger partial charge on any atom is 0.137 e. The third kappa shape index (κ3) is 4.90. The monoisotopic (exact) mass is 350 g/mol. The molecule has 0 radical (unpaired) electrons. The molecule has 0 amide bonds. The van der Waals surface area contributed by atoms with Crippen molar-refractivity contribution in [3.8, 4) is 0 Å². The first-order valence-corrected chi connectivity index (χ1v) is 8.06. The van der Waals surface area contributed by atoms with Crippen LogP contribution in [0.2, 0.25) is 0 Å². The van der Waals surface area contributed by atoms with Crippen molar-refractivity contribution in [2.24, 2.45) is 0 Å². The minimum absolute atomic E-state index is 0.209. The average molecular weight is 351 g/mol. The number of nitrogens with zero attached hydrogens (tertiary/aromatic N) is 1. The summed E-state index contributed by atoms with van der Waals surface area (Å²) in [6, 6.07) is 11.4. The van der Waals surface area contributed by atoms with Crippen LogP contribution in [0.15, 0.2) is 47.1 Å². The SMILES string of the molecule is CCCNC(Cc1ccccn1)Cc1cccc(F)c1Br. The zero-order valence-electron chi connectivity index (χ0n) is 12.2. The number of pyridine rings is 1. The van der Waals surface area contributed by atoms with Crippen molar-refractivity contribution < 1.29 is 4.39 Å². The van der Waals surface area contributed by atoms with Crippen LogP contribution in [-0.2, 0) is 12.8 Å². The van der Waals surface area contributed by atoms with Gasteiger partial charge in [-0.05, 0) is 59.1 Å². The Labute approximate surface area is 133 Å². The van der Waals surface area contributed by atoms with Crippen molar-refractivity contribution in [2.45, 2.75) is 32.2 Å². The van der Waals surface area contributed by atoms with Crippen LogP contribution >= 0.6 is 15.9 Å². The number of nitrogens with one attached hydrogen (secondary N) is 1. The van der Waals surface area contributed by atoms with Crippen molar-refractivity contribution in [1.82, 2.24) is 10.3 Å². The minimum Gasteiger partial charge on any atom is -0.313 e. The van der Waals surface area contributed by atoms with Crippen molar-refractivity contribution in [2.75, 3.05) is 6.54 Å². The van der Waals surface area contributed by atoms with E-state index < -0.39 is 0 Å². The first-order chi connectivity index (χ1) is 10.2. The normalized spacial score (nSPS) is 12.3. The molecule has 0 aliphatic rings. The summed E-state index contributed by atoms with van der Waals surface area (Å²) < 4.78 is 14.2. The molecule has 2 nitrogen and oxygen atoms in total. The fourth-order valence-electron chi connectivity index (χ4n) is 2.31. The average Bonchev–Trinajstić information content (AvgIpc) is 2.50. The third-order valence-electron chi connectivity index (χ3n) is 3.36. The summed E-state index contributed by atoms with van der Waals surface area (Å²) in [5.41, 5.74) is 2.04. The van der Waals surface area contributed by atoms with E-state index in [0.717, 1.165) is 37.1 Å². The lowest BCUT2D eigenvalue weighted by molar-refractivity contribution is 0.498. The van der Waals surface area contributed by atoms with E-state index in [2.05, 4.69) is 33.2 Å². The van der Waals surface area contributed by atoms with Gasteiger partial charge in [0.05, 0.1) is 4.47 Å². The van der Waals surface area contributed by atoms with Crippen molar-refractivity contribution in [3.05, 3.63) is 64.1 Å². The molecule has 0 saturated heterocycles. The van der Waals surface area contributed by atoms with Gasteiger partial charge in [-0.3, -0.25) is 4.98 Å². The number of rotatable bonds is 7. The van der Waals surface area contributed by atoms with Gasteiger partial charge < -0.3 is 5.32 Å². The smallest absolute Gasteiger partial charge is 0.137 e. The van der Waals surface area contributed by atoms with Gasteiger partial charge in [0.1, 0.15) is 5.82 Å². The highest BCUT2D eigenvalue weighted by molar-refractivity contribution is 9.10. The number of benzene rings is 1. The quantitative estimate of drug-likeness (QED) is 0.811. The first-order valence-electron chi connectivity index (χ1n) is 7.27. The largest absolute Gasteiger partial charge is 0.313 e. The van der Waals surface area contributed by atoms with E-state index in [-0.39, 0.29) is 11.9 Å². The second-order valence-electron chi connectivity index (χ2n) is 5.09. The summed E-state index contributed by atoms with van der Waals surface area (Å²) in [5, 5.41) is 3.53. The van der Waals surface area contributed by atoms with Gasteiger partial charge in [0.15, 0.2) is 0 Å². The van der Waals surface area contributed by atoms with Gasteiger partial charge in [-0.1, -0.05) is 25.1 Å². The van der Waals surface area contributed by atoms with Crippen LogP contribution in [-0.4, -0.2) is 17.6 Å². The highest BCUT2D eigenvalue weighted by atomic mass is 79.9. The molecule has 4 heteroatoms. The van der Waals surface area contributed by atoms with Gasteiger partial charge in [-0.15, -0.1) is 0 Å². The molecule has 0 aliphatic heterocycles. The Bertz CT molecular complexity index is 560. The molecular formula is C17H20BrFN2. The van der Waals surface area contributed by atoms with E-state index in [0.29, 0.717) is 4.47 Å². The molecule has 1 atom stereocenters. The first kappa shape index (κ1) is 16.1. The van der Waals surface area contributed by atoms with E-state index in [9.17, 15) is 4.39 Å². The molecule has 1 aromatic heterocycles. The predicted octanol–water partition coefficient (Wildman–Crippen LogP) is 4.14. The summed E-state index contributed by atoms with van der Waals surface area (Å²) in [6.07, 6.45) is 4.49. The summed E-state index contributed by atoms with van der Waals surface area (Å²) in [5.74, 6) is -0.209. The van der Waals surface area contributed by atoms with E-state index >= 15 is 0 Å². The number of halogens is 2. The zero-order chi connectivity index (χ0) is 15.1. The van der Waals surface area contributed by atoms with Gasteiger partial charge in [-0.25, -0.2) is 4.39 Å². The van der Waals surface area contributed by atoms with E-state index in [4.69, 9.17) is 0 Å². The molecule has 1 aromatic carbocycles. The molecule has 0 spiro atoms. The summed E-state index contributed by atoms with van der Waals surface area (Å²) >= 11 is 3.34. The Balaban J connectivity index is 2.10. The molecule has 1 N–H and O–H groups in total. The van der Waals surface area contributed by atoms with Crippen LogP contribution in [0.3, 0.4) is 0 Å². The zero-order valence-corrected chi connectivity index (χ0v) is 13.7. The van der Waals surface area contributed by atoms with Crippen molar-refractivity contribution in [1.29, 1.82) is 0 Å². The van der Waals surface area contributed by atoms with Crippen molar-refractivity contribution in [3.63, 3.8) is 0 Å². The highest BCUT2D eigenvalue weighted by Crippen LogP contribution is 2.22. The predicted molar refractivity (Wildman–Crippen MR) is 87.8 cm³/mol. The van der Waals surface area contributed by atoms with Crippen LogP contribution in [0, 0.1) is 5.82 Å². The Kier molecular flexibility index (Phi) is 6.33. The Morgan fingerprint density at radius 2 is 2.05 bits per heavy atom. The topological polar surface area (TPSA) is 24.9 Å². The molecule has 2 rings (SSSR count). The molecule has 0 bridgehead atoms. The van der Waals surface area contributed by atoms with Crippen LogP contribution in [0.4, 0.5) is 4.39 Å². The molecular weight excluding hydrogens is 331 g/mol. The maximum absolute atomic E-state index is 13.6. The minimum atomic E-state index is -0.209. The number of hydrogen-bond acceptors (Lipinski definition) is 2. The highest BCUT2D eigenvalue weighted by Gasteiger charge is 2.14. The lowest BCUT2D eigenvalue weighted by atomic mass is 10.0. The van der Waals surface area contributed by atoms with Crippen LogP contribution in [0.5, 0.6) is 0 Å². The Morgan fingerprint density at radius 1 is 1.19 bits per heavy atom. The Hall–Kier alpha value is -1.26. The second-order valence-corrected chi connectivity index (χ2v) is 5.89. The summed E-state index contributed by atoms with van der Waals surface area (Å²) in [4.78, 5) is 4.38. The molecule has 0 saturated carbocycles. The standard InChI is InChI=1S/C17H20BrFN2/c1-2-9-20-15(12-14-7-3-4-10-21-14)11-13-6-5-8-16(19)17(13)18/h3-8,10,15,20H,2,9,11-12H2,1H3. The number of hydrogen-bond donors (Lipinski definition) is 1. The van der Waals surface area contributed by atoms with Gasteiger partial charge in [-0.2, -0.15) is 0 Å². The van der Waals surface area contributed by atoms with E-state index in [1.165, 1.54) is 6.07 Å². The fraction of sp³-hybridized carbons (Fsp3) is 0.353. The fourth-order valence-corrected chi connectivity index (χ4v) is 2.73. The molecule has 0 fully saturated rings. The van der Waals surface area contributed by atoms with Gasteiger partial charge in [0.25, 0.3) is 0 Å². The molecule has 0 aliphatic carbocycles. The van der Waals surface area contributed by atoms with Gasteiger partial charge >= 0.3 is 0 Å². The van der Waals surface area contributed by atoms with Crippen LogP contribution < -0.4 is 5.32 Å². The number of aromatic nitrogens is 1. The van der Waals surface area contributed by atoms with E-state index in [1.54, 1.807) is 6.07 Å². The molecule has 1 heterocycles. The lowest BCUT2D eigenvalue weighted by Crippen LogP contribution is -2.34. The molecule has 112 valence electrons.